The quantitative estimate of drug-likeness (QED) is 0.477. The van der Waals surface area contributed by atoms with Crippen LogP contribution >= 0.6 is 11.6 Å². The van der Waals surface area contributed by atoms with Gasteiger partial charge in [0.25, 0.3) is 0 Å². The molecule has 0 saturated heterocycles. The number of aryl methyl sites for hydroxylation is 1. The monoisotopic (exact) mass is 394 g/mol. The summed E-state index contributed by atoms with van der Waals surface area (Å²) in [6, 6.07) is 25.0. The van der Waals surface area contributed by atoms with Gasteiger partial charge in [0.2, 0.25) is 5.91 Å². The molecule has 0 aromatic heterocycles. The van der Waals surface area contributed by atoms with Crippen LogP contribution in [-0.4, -0.2) is 19.1 Å². The number of benzene rings is 3. The van der Waals surface area contributed by atoms with Crippen LogP contribution in [0.15, 0.2) is 78.9 Å². The Kier molecular flexibility index (Phi) is 7.33. The lowest BCUT2D eigenvalue weighted by Gasteiger charge is -2.13. The maximum Gasteiger partial charge on any atom is 0.243 e. The molecule has 0 aliphatic carbocycles. The summed E-state index contributed by atoms with van der Waals surface area (Å²) in [5.74, 6) is 0.607. The van der Waals surface area contributed by atoms with Crippen molar-refractivity contribution in [3.8, 4) is 5.75 Å². The molecule has 4 nitrogen and oxygen atoms in total. The Bertz CT molecular complexity index is 883. The van der Waals surface area contributed by atoms with Crippen LogP contribution in [0.25, 0.3) is 0 Å². The normalized spacial score (nSPS) is 10.3. The largest absolute Gasteiger partial charge is 0.491 e. The van der Waals surface area contributed by atoms with Crippen molar-refractivity contribution in [1.29, 1.82) is 0 Å². The molecule has 0 aliphatic heterocycles. The minimum atomic E-state index is -0.138. The molecule has 0 spiro atoms. The summed E-state index contributed by atoms with van der Waals surface area (Å²) in [4.78, 5) is 12.2. The molecule has 0 bridgehead atoms. The Hall–Kier alpha value is -2.98. The predicted molar refractivity (Wildman–Crippen MR) is 115 cm³/mol. The Labute approximate surface area is 170 Å². The second-order valence-corrected chi connectivity index (χ2v) is 6.78. The van der Waals surface area contributed by atoms with Crippen molar-refractivity contribution in [2.75, 3.05) is 23.8 Å². The summed E-state index contributed by atoms with van der Waals surface area (Å²) in [6.45, 7) is 0.761. The van der Waals surface area contributed by atoms with Gasteiger partial charge in [0.1, 0.15) is 5.75 Å². The third kappa shape index (κ3) is 6.32. The van der Waals surface area contributed by atoms with Crippen molar-refractivity contribution in [3.63, 3.8) is 0 Å². The van der Waals surface area contributed by atoms with E-state index in [1.54, 1.807) is 24.3 Å². The van der Waals surface area contributed by atoms with E-state index in [0.717, 1.165) is 24.3 Å². The van der Waals surface area contributed by atoms with Crippen molar-refractivity contribution < 1.29 is 9.53 Å². The minimum absolute atomic E-state index is 0.138. The highest BCUT2D eigenvalue weighted by Gasteiger charge is 2.06. The van der Waals surface area contributed by atoms with Gasteiger partial charge in [0.15, 0.2) is 0 Å². The summed E-state index contributed by atoms with van der Waals surface area (Å²) in [5.41, 5.74) is 2.81. The number of carbonyl (C=O) groups is 1. The minimum Gasteiger partial charge on any atom is -0.491 e. The molecule has 0 radical (unpaired) electrons. The third-order valence-electron chi connectivity index (χ3n) is 4.16. The van der Waals surface area contributed by atoms with Gasteiger partial charge in [-0.3, -0.25) is 4.79 Å². The third-order valence-corrected chi connectivity index (χ3v) is 4.42. The van der Waals surface area contributed by atoms with Crippen molar-refractivity contribution in [3.05, 3.63) is 89.4 Å². The number of para-hydroxylation sites is 2. The number of hydrogen-bond donors (Lipinski definition) is 2. The molecular weight excluding hydrogens is 372 g/mol. The smallest absolute Gasteiger partial charge is 0.243 e. The van der Waals surface area contributed by atoms with Crippen molar-refractivity contribution >= 4 is 28.9 Å². The fourth-order valence-electron chi connectivity index (χ4n) is 2.76. The van der Waals surface area contributed by atoms with Gasteiger partial charge in [-0.2, -0.15) is 0 Å². The van der Waals surface area contributed by atoms with Crippen LogP contribution in [0.1, 0.15) is 12.0 Å². The fraction of sp³-hybridized carbons (Fsp3) is 0.174. The van der Waals surface area contributed by atoms with Gasteiger partial charge in [0.05, 0.1) is 18.8 Å². The van der Waals surface area contributed by atoms with E-state index in [1.165, 1.54) is 5.56 Å². The molecule has 0 atom stereocenters. The first-order valence-corrected chi connectivity index (χ1v) is 9.63. The lowest BCUT2D eigenvalue weighted by atomic mass is 10.1. The number of carbonyl (C=O) groups excluding carboxylic acids is 1. The van der Waals surface area contributed by atoms with E-state index in [4.69, 9.17) is 16.3 Å². The van der Waals surface area contributed by atoms with Gasteiger partial charge in [-0.25, -0.2) is 0 Å². The number of hydrogen-bond acceptors (Lipinski definition) is 3. The number of nitrogens with one attached hydrogen (secondary N) is 2. The maximum atomic E-state index is 12.2. The van der Waals surface area contributed by atoms with Gasteiger partial charge in [-0.1, -0.05) is 54.1 Å². The lowest BCUT2D eigenvalue weighted by Crippen LogP contribution is -2.22. The van der Waals surface area contributed by atoms with E-state index in [-0.39, 0.29) is 12.5 Å². The maximum absolute atomic E-state index is 12.2. The van der Waals surface area contributed by atoms with Gasteiger partial charge >= 0.3 is 0 Å². The molecule has 3 rings (SSSR count). The van der Waals surface area contributed by atoms with Gasteiger partial charge < -0.3 is 15.4 Å². The summed E-state index contributed by atoms with van der Waals surface area (Å²) >= 11 is 5.85. The molecule has 3 aromatic rings. The summed E-state index contributed by atoms with van der Waals surface area (Å²) in [7, 11) is 0. The van der Waals surface area contributed by atoms with Crippen molar-refractivity contribution in [2.24, 2.45) is 0 Å². The van der Waals surface area contributed by atoms with Gasteiger partial charge in [-0.15, -0.1) is 0 Å². The molecule has 0 fully saturated rings. The highest BCUT2D eigenvalue weighted by atomic mass is 35.5. The topological polar surface area (TPSA) is 50.4 Å². The van der Waals surface area contributed by atoms with Crippen LogP contribution < -0.4 is 15.4 Å². The molecule has 1 amide bonds. The number of amides is 1. The van der Waals surface area contributed by atoms with Crippen LogP contribution in [0.2, 0.25) is 5.02 Å². The average molecular weight is 395 g/mol. The Morgan fingerprint density at radius 3 is 2.39 bits per heavy atom. The SMILES string of the molecule is O=C(CNc1ccccc1OCCCc1ccccc1)Nc1ccc(Cl)cc1. The molecule has 0 aliphatic rings. The van der Waals surface area contributed by atoms with Crippen LogP contribution in [0, 0.1) is 0 Å². The second-order valence-electron chi connectivity index (χ2n) is 6.34. The van der Waals surface area contributed by atoms with E-state index in [1.807, 2.05) is 42.5 Å². The number of rotatable bonds is 9. The number of halogens is 1. The Morgan fingerprint density at radius 2 is 1.61 bits per heavy atom. The number of anilines is 2. The molecule has 3 aromatic carbocycles. The zero-order chi connectivity index (χ0) is 19.6. The van der Waals surface area contributed by atoms with E-state index < -0.39 is 0 Å². The average Bonchev–Trinajstić information content (AvgIpc) is 2.73. The van der Waals surface area contributed by atoms with Crippen LogP contribution in [0.4, 0.5) is 11.4 Å². The van der Waals surface area contributed by atoms with Gasteiger partial charge in [-0.05, 0) is 54.8 Å². The van der Waals surface area contributed by atoms with Crippen molar-refractivity contribution in [1.82, 2.24) is 0 Å². The molecule has 28 heavy (non-hydrogen) atoms. The predicted octanol–water partition coefficient (Wildman–Crippen LogP) is 5.40. The molecular formula is C23H23ClN2O2. The first-order chi connectivity index (χ1) is 13.7. The van der Waals surface area contributed by atoms with Crippen molar-refractivity contribution in [2.45, 2.75) is 12.8 Å². The summed E-state index contributed by atoms with van der Waals surface area (Å²) < 4.78 is 5.91. The first-order valence-electron chi connectivity index (χ1n) is 9.26. The van der Waals surface area contributed by atoms with Crippen LogP contribution in [0.5, 0.6) is 5.75 Å². The van der Waals surface area contributed by atoms with Gasteiger partial charge in [0, 0.05) is 10.7 Å². The number of ether oxygens (including phenoxy) is 1. The molecule has 144 valence electrons. The molecule has 2 N–H and O–H groups in total. The molecule has 0 unspecified atom stereocenters. The molecule has 0 saturated carbocycles. The zero-order valence-electron chi connectivity index (χ0n) is 15.5. The Balaban J connectivity index is 1.46. The molecule has 5 heteroatoms. The summed E-state index contributed by atoms with van der Waals surface area (Å²) in [6.07, 6.45) is 1.90. The zero-order valence-corrected chi connectivity index (χ0v) is 16.3. The van der Waals surface area contributed by atoms with Crippen LogP contribution in [0.3, 0.4) is 0 Å². The second kappa shape index (κ2) is 10.4. The standard InChI is InChI=1S/C23H23ClN2O2/c24-19-12-14-20(15-13-19)26-23(27)17-25-21-10-4-5-11-22(21)28-16-6-9-18-7-2-1-3-8-18/h1-5,7-8,10-15,25H,6,9,16-17H2,(H,26,27). The van der Waals surface area contributed by atoms with Crippen LogP contribution in [-0.2, 0) is 11.2 Å². The van der Waals surface area contributed by atoms with E-state index in [9.17, 15) is 4.79 Å². The van der Waals surface area contributed by atoms with E-state index in [0.29, 0.717) is 17.3 Å². The first kappa shape index (κ1) is 19.8. The molecule has 0 heterocycles. The van der Waals surface area contributed by atoms with E-state index >= 15 is 0 Å². The lowest BCUT2D eigenvalue weighted by molar-refractivity contribution is -0.114. The Morgan fingerprint density at radius 1 is 0.893 bits per heavy atom. The summed E-state index contributed by atoms with van der Waals surface area (Å²) in [5, 5.41) is 6.60. The highest BCUT2D eigenvalue weighted by molar-refractivity contribution is 6.30. The highest BCUT2D eigenvalue weighted by Crippen LogP contribution is 2.24. The van der Waals surface area contributed by atoms with E-state index in [2.05, 4.69) is 22.8 Å². The fourth-order valence-corrected chi connectivity index (χ4v) is 2.88.